The zero-order valence-electron chi connectivity index (χ0n) is 26.5. The molecule has 0 amide bonds. The molecule has 1 atom stereocenters. The maximum absolute atomic E-state index is 11.4. The van der Waals surface area contributed by atoms with Gasteiger partial charge in [-0.3, -0.25) is 0 Å². The van der Waals surface area contributed by atoms with Gasteiger partial charge in [0.15, 0.2) is 11.5 Å². The van der Waals surface area contributed by atoms with Crippen LogP contribution in [0.1, 0.15) is 102 Å². The number of phenols is 4. The third-order valence-corrected chi connectivity index (χ3v) is 9.30. The molecule has 0 aliphatic rings. The van der Waals surface area contributed by atoms with Crippen LogP contribution in [0, 0.1) is 24.7 Å². The summed E-state index contributed by atoms with van der Waals surface area (Å²) in [4.78, 5) is 0. The van der Waals surface area contributed by atoms with Crippen LogP contribution in [-0.2, 0) is 0 Å². The maximum atomic E-state index is 11.4. The van der Waals surface area contributed by atoms with Crippen molar-refractivity contribution in [2.45, 2.75) is 88.0 Å². The van der Waals surface area contributed by atoms with Crippen LogP contribution in [0.5, 0.6) is 23.0 Å². The Hall–Kier alpha value is -3.66. The largest absolute Gasteiger partial charge is 0.507 e. The minimum absolute atomic E-state index is 0.0243. The fourth-order valence-corrected chi connectivity index (χ4v) is 5.70. The van der Waals surface area contributed by atoms with E-state index in [4.69, 9.17) is 0 Å². The van der Waals surface area contributed by atoms with Crippen molar-refractivity contribution in [1.29, 1.82) is 0 Å². The van der Waals surface area contributed by atoms with E-state index in [9.17, 15) is 20.4 Å². The lowest BCUT2D eigenvalue weighted by Gasteiger charge is -2.35. The van der Waals surface area contributed by atoms with Gasteiger partial charge in [0.25, 0.3) is 0 Å². The number of benzene rings is 3. The Balaban J connectivity index is 2.43. The Labute approximate surface area is 246 Å². The number of hydrogen-bond donors (Lipinski definition) is 4. The smallest absolute Gasteiger partial charge is 0.200 e. The first-order valence-corrected chi connectivity index (χ1v) is 14.6. The van der Waals surface area contributed by atoms with Crippen molar-refractivity contribution in [3.05, 3.63) is 81.4 Å². The number of rotatable bonds is 9. The van der Waals surface area contributed by atoms with E-state index in [0.717, 1.165) is 51.8 Å². The third kappa shape index (κ3) is 6.32. The van der Waals surface area contributed by atoms with Crippen molar-refractivity contribution < 1.29 is 20.4 Å². The molecule has 41 heavy (non-hydrogen) atoms. The van der Waals surface area contributed by atoms with Crippen LogP contribution in [0.25, 0.3) is 23.3 Å². The van der Waals surface area contributed by atoms with E-state index >= 15 is 0 Å². The Morgan fingerprint density at radius 2 is 1.32 bits per heavy atom. The van der Waals surface area contributed by atoms with Crippen LogP contribution in [0.2, 0.25) is 0 Å². The molecule has 0 heterocycles. The van der Waals surface area contributed by atoms with Crippen molar-refractivity contribution in [2.75, 3.05) is 0 Å². The highest BCUT2D eigenvalue weighted by Crippen LogP contribution is 2.51. The summed E-state index contributed by atoms with van der Waals surface area (Å²) in [6, 6.07) is 13.1. The molecule has 1 unspecified atom stereocenters. The molecule has 4 N–H and O–H groups in total. The molecule has 4 nitrogen and oxygen atoms in total. The van der Waals surface area contributed by atoms with E-state index in [1.807, 2.05) is 19.1 Å². The van der Waals surface area contributed by atoms with Crippen LogP contribution in [-0.4, -0.2) is 20.4 Å². The molecular formula is C37H48O4. The second-order valence-electron chi connectivity index (χ2n) is 12.8. The summed E-state index contributed by atoms with van der Waals surface area (Å²) in [5.41, 5.74) is 8.49. The topological polar surface area (TPSA) is 80.9 Å². The summed E-state index contributed by atoms with van der Waals surface area (Å²) >= 11 is 0. The van der Waals surface area contributed by atoms with Crippen molar-refractivity contribution >= 4 is 12.2 Å². The molecule has 0 aliphatic heterocycles. The molecule has 0 saturated carbocycles. The molecule has 220 valence electrons. The summed E-state index contributed by atoms with van der Waals surface area (Å²) in [7, 11) is 0. The highest BCUT2D eigenvalue weighted by molar-refractivity contribution is 5.89. The summed E-state index contributed by atoms with van der Waals surface area (Å²) in [5.74, 6) is -1.33. The van der Waals surface area contributed by atoms with E-state index < -0.39 is 5.75 Å². The highest BCUT2D eigenvalue weighted by atomic mass is 16.3. The monoisotopic (exact) mass is 556 g/mol. The Morgan fingerprint density at radius 3 is 1.88 bits per heavy atom. The van der Waals surface area contributed by atoms with E-state index in [-0.39, 0.29) is 34.0 Å². The quantitative estimate of drug-likeness (QED) is 0.198. The Morgan fingerprint density at radius 1 is 0.732 bits per heavy atom. The molecule has 0 aliphatic carbocycles. The standard InChI is InChI=1S/C37H48O4/c1-11-36(7,8)25(6)21-26-16-18-29(38)28(32(26)31-22(3)14-13-15-23(31)4)20-24(5)33(37(9,10)12-2)27-17-19-30(39)35(41)34(27)40/h13-21,33,38-41H,11-12H2,1-10H3/b24-20+,25-21+. The number of aromatic hydroxyl groups is 4. The summed E-state index contributed by atoms with van der Waals surface area (Å²) in [5, 5.41) is 42.7. The van der Waals surface area contributed by atoms with Gasteiger partial charge in [-0.05, 0) is 79.3 Å². The third-order valence-electron chi connectivity index (χ3n) is 9.30. The first-order valence-electron chi connectivity index (χ1n) is 14.6. The molecule has 3 aromatic carbocycles. The Bertz CT molecular complexity index is 1470. The van der Waals surface area contributed by atoms with Gasteiger partial charge in [-0.1, -0.05) is 102 Å². The second-order valence-corrected chi connectivity index (χ2v) is 12.8. The average Bonchev–Trinajstić information content (AvgIpc) is 2.91. The minimum atomic E-state index is -0.521. The molecule has 4 heteroatoms. The van der Waals surface area contributed by atoms with Crippen LogP contribution >= 0.6 is 0 Å². The lowest BCUT2D eigenvalue weighted by Crippen LogP contribution is -2.22. The van der Waals surface area contributed by atoms with Gasteiger partial charge in [0, 0.05) is 22.6 Å². The van der Waals surface area contributed by atoms with Gasteiger partial charge in [-0.2, -0.15) is 0 Å². The predicted octanol–water partition coefficient (Wildman–Crippen LogP) is 10.3. The first kappa shape index (κ1) is 31.9. The van der Waals surface area contributed by atoms with Gasteiger partial charge in [0.2, 0.25) is 5.75 Å². The lowest BCUT2D eigenvalue weighted by molar-refractivity contribution is 0.291. The van der Waals surface area contributed by atoms with Crippen LogP contribution < -0.4 is 0 Å². The molecule has 0 saturated heterocycles. The normalized spacial score (nSPS) is 13.9. The van der Waals surface area contributed by atoms with E-state index in [1.165, 1.54) is 11.6 Å². The molecule has 3 aromatic rings. The van der Waals surface area contributed by atoms with Gasteiger partial charge in [0.1, 0.15) is 5.75 Å². The first-order chi connectivity index (χ1) is 19.1. The summed E-state index contributed by atoms with van der Waals surface area (Å²) in [6.45, 7) is 21.4. The van der Waals surface area contributed by atoms with Crippen molar-refractivity contribution in [3.8, 4) is 34.1 Å². The number of hydrogen-bond acceptors (Lipinski definition) is 4. The van der Waals surface area contributed by atoms with Crippen LogP contribution in [0.4, 0.5) is 0 Å². The second kappa shape index (κ2) is 12.1. The molecule has 0 bridgehead atoms. The van der Waals surface area contributed by atoms with Crippen LogP contribution in [0.3, 0.4) is 0 Å². The number of allylic oxidation sites excluding steroid dienone is 2. The summed E-state index contributed by atoms with van der Waals surface area (Å²) in [6.07, 6.45) is 6.08. The number of aryl methyl sites for hydroxylation is 2. The van der Waals surface area contributed by atoms with Gasteiger partial charge in [-0.25, -0.2) is 0 Å². The molecule has 0 radical (unpaired) electrons. The predicted molar refractivity (Wildman–Crippen MR) is 173 cm³/mol. The number of phenolic OH excluding ortho intramolecular Hbond substituents is 4. The molecule has 0 fully saturated rings. The van der Waals surface area contributed by atoms with Gasteiger partial charge in [0.05, 0.1) is 0 Å². The lowest BCUT2D eigenvalue weighted by atomic mass is 9.69. The molecule has 0 spiro atoms. The highest BCUT2D eigenvalue weighted by Gasteiger charge is 2.34. The average molecular weight is 557 g/mol. The van der Waals surface area contributed by atoms with Crippen molar-refractivity contribution in [1.82, 2.24) is 0 Å². The SMILES string of the molecule is CCC(C)(C)/C(C)=C/c1ccc(O)c(/C=C(\C)C(c2ccc(O)c(O)c2O)C(C)(C)CC)c1-c1c(C)cccc1C. The molecule has 3 rings (SSSR count). The van der Waals surface area contributed by atoms with E-state index in [2.05, 4.69) is 86.6 Å². The van der Waals surface area contributed by atoms with Gasteiger partial charge in [-0.15, -0.1) is 0 Å². The van der Waals surface area contributed by atoms with E-state index in [1.54, 1.807) is 12.1 Å². The molecular weight excluding hydrogens is 508 g/mol. The van der Waals surface area contributed by atoms with Gasteiger partial charge >= 0.3 is 0 Å². The minimum Gasteiger partial charge on any atom is -0.507 e. The maximum Gasteiger partial charge on any atom is 0.200 e. The summed E-state index contributed by atoms with van der Waals surface area (Å²) < 4.78 is 0. The van der Waals surface area contributed by atoms with Crippen molar-refractivity contribution in [3.63, 3.8) is 0 Å². The fourth-order valence-electron chi connectivity index (χ4n) is 5.70. The Kier molecular flexibility index (Phi) is 9.37. The van der Waals surface area contributed by atoms with Gasteiger partial charge < -0.3 is 20.4 Å². The van der Waals surface area contributed by atoms with Crippen molar-refractivity contribution in [2.24, 2.45) is 10.8 Å². The van der Waals surface area contributed by atoms with Crippen LogP contribution in [0.15, 0.2) is 53.6 Å². The fraction of sp³-hybridized carbons (Fsp3) is 0.405. The zero-order valence-corrected chi connectivity index (χ0v) is 26.5. The van der Waals surface area contributed by atoms with E-state index in [0.29, 0.717) is 5.56 Å². The zero-order chi connectivity index (χ0) is 30.9. The molecule has 0 aromatic heterocycles.